The van der Waals surface area contributed by atoms with Crippen LogP contribution in [0.5, 0.6) is 5.75 Å². The number of piperidine rings is 2. The SMILES string of the molecule is COC1CCCN(C(=O)c2ccc(COc3ccc(C)cc3-c3csc(N4CC5CCC(C4)C5C(=O)O)n3)c(C)c2)C1. The molecule has 6 rings (SSSR count). The second kappa shape index (κ2) is 12.1. The second-order valence-corrected chi connectivity index (χ2v) is 12.9. The van der Waals surface area contributed by atoms with Crippen LogP contribution in [0.15, 0.2) is 41.8 Å². The fourth-order valence-electron chi connectivity index (χ4n) is 6.93. The highest BCUT2D eigenvalue weighted by atomic mass is 32.1. The maximum atomic E-state index is 13.1. The highest BCUT2D eigenvalue weighted by Crippen LogP contribution is 2.44. The third kappa shape index (κ3) is 5.77. The van der Waals surface area contributed by atoms with Gasteiger partial charge in [0.15, 0.2) is 5.13 Å². The van der Waals surface area contributed by atoms with Gasteiger partial charge in [0, 0.05) is 49.8 Å². The van der Waals surface area contributed by atoms with Crippen molar-refractivity contribution in [3.8, 4) is 17.0 Å². The number of carbonyl (C=O) groups excluding carboxylic acids is 1. The number of anilines is 1. The number of carboxylic acids is 1. The van der Waals surface area contributed by atoms with Crippen molar-refractivity contribution in [1.82, 2.24) is 9.88 Å². The number of thiazole rings is 1. The Bertz CT molecular complexity index is 1460. The standard InChI is InChI=1S/C33H39N3O5S/c1-20-6-11-29(41-18-25-10-7-22(14-21(25)2)31(37)35-12-4-5-26(17-35)40-3)27(13-20)28-19-42-33(34-28)36-15-23-8-9-24(16-36)30(23)32(38)39/h6-7,10-11,13-14,19,23-24,26,30H,4-5,8-9,12,15-18H2,1-3H3,(H,38,39). The molecule has 0 radical (unpaired) electrons. The molecule has 3 unspecified atom stereocenters. The lowest BCUT2D eigenvalue weighted by Crippen LogP contribution is -2.44. The van der Waals surface area contributed by atoms with Gasteiger partial charge in [-0.3, -0.25) is 9.59 Å². The fraction of sp³-hybridized carbons (Fsp3) is 0.485. The zero-order valence-corrected chi connectivity index (χ0v) is 25.4. The zero-order chi connectivity index (χ0) is 29.4. The summed E-state index contributed by atoms with van der Waals surface area (Å²) in [6.07, 6.45) is 4.01. The Morgan fingerprint density at radius 1 is 1.05 bits per heavy atom. The summed E-state index contributed by atoms with van der Waals surface area (Å²) < 4.78 is 11.9. The van der Waals surface area contributed by atoms with Crippen molar-refractivity contribution in [2.75, 3.05) is 38.2 Å². The van der Waals surface area contributed by atoms with Crippen LogP contribution < -0.4 is 9.64 Å². The Balaban J connectivity index is 1.15. The maximum absolute atomic E-state index is 13.1. The molecule has 3 fully saturated rings. The Hall–Kier alpha value is -3.43. The van der Waals surface area contributed by atoms with Crippen LogP contribution in [0.4, 0.5) is 5.13 Å². The van der Waals surface area contributed by atoms with E-state index in [2.05, 4.69) is 23.3 Å². The number of ether oxygens (including phenoxy) is 2. The molecule has 1 aromatic heterocycles. The quantitative estimate of drug-likeness (QED) is 0.355. The van der Waals surface area contributed by atoms with Crippen molar-refractivity contribution in [3.63, 3.8) is 0 Å². The number of aryl methyl sites for hydroxylation is 2. The molecule has 1 N–H and O–H groups in total. The first-order valence-electron chi connectivity index (χ1n) is 14.9. The molecule has 1 amide bonds. The molecule has 1 saturated carbocycles. The third-order valence-electron chi connectivity index (χ3n) is 9.26. The fourth-order valence-corrected chi connectivity index (χ4v) is 7.77. The summed E-state index contributed by atoms with van der Waals surface area (Å²) in [5.74, 6) is 0.327. The van der Waals surface area contributed by atoms with Gasteiger partial charge >= 0.3 is 5.97 Å². The summed E-state index contributed by atoms with van der Waals surface area (Å²) in [5.41, 5.74) is 5.69. The van der Waals surface area contributed by atoms with Gasteiger partial charge in [0.25, 0.3) is 5.91 Å². The van der Waals surface area contributed by atoms with Gasteiger partial charge in [0.2, 0.25) is 0 Å². The Labute approximate surface area is 251 Å². The smallest absolute Gasteiger partial charge is 0.307 e. The number of carboxylic acid groups (broad SMARTS) is 1. The van der Waals surface area contributed by atoms with Gasteiger partial charge in [0.05, 0.1) is 17.7 Å². The van der Waals surface area contributed by atoms with E-state index in [0.717, 1.165) is 84.1 Å². The Morgan fingerprint density at radius 3 is 2.55 bits per heavy atom. The van der Waals surface area contributed by atoms with Crippen LogP contribution in [-0.2, 0) is 16.1 Å². The van der Waals surface area contributed by atoms with Crippen LogP contribution in [0, 0.1) is 31.6 Å². The maximum Gasteiger partial charge on any atom is 0.307 e. The molecule has 2 saturated heterocycles. The minimum Gasteiger partial charge on any atom is -0.488 e. The summed E-state index contributed by atoms with van der Waals surface area (Å²) in [6.45, 7) is 7.36. The van der Waals surface area contributed by atoms with Crippen LogP contribution in [-0.4, -0.2) is 66.3 Å². The first-order valence-corrected chi connectivity index (χ1v) is 15.8. The van der Waals surface area contributed by atoms with Gasteiger partial charge in [-0.15, -0.1) is 11.3 Å². The number of carbonyl (C=O) groups is 2. The Kier molecular flexibility index (Phi) is 8.23. The minimum absolute atomic E-state index is 0.0488. The molecule has 42 heavy (non-hydrogen) atoms. The van der Waals surface area contributed by atoms with Gasteiger partial charge in [-0.2, -0.15) is 0 Å². The van der Waals surface area contributed by atoms with Crippen LogP contribution in [0.1, 0.15) is 52.7 Å². The molecule has 3 atom stereocenters. The van der Waals surface area contributed by atoms with E-state index in [1.165, 1.54) is 0 Å². The summed E-state index contributed by atoms with van der Waals surface area (Å²) >= 11 is 1.61. The molecular formula is C33H39N3O5S. The molecule has 9 heteroatoms. The van der Waals surface area contributed by atoms with Crippen molar-refractivity contribution >= 4 is 28.3 Å². The lowest BCUT2D eigenvalue weighted by atomic mass is 9.85. The van der Waals surface area contributed by atoms with Crippen LogP contribution in [0.2, 0.25) is 0 Å². The van der Waals surface area contributed by atoms with Crippen molar-refractivity contribution in [3.05, 3.63) is 64.0 Å². The monoisotopic (exact) mass is 589 g/mol. The summed E-state index contributed by atoms with van der Waals surface area (Å²) in [5, 5.41) is 12.7. The number of fused-ring (bicyclic) bond motifs is 2. The van der Waals surface area contributed by atoms with Crippen molar-refractivity contribution in [1.29, 1.82) is 0 Å². The predicted octanol–water partition coefficient (Wildman–Crippen LogP) is 5.80. The van der Waals surface area contributed by atoms with Crippen molar-refractivity contribution in [2.24, 2.45) is 17.8 Å². The zero-order valence-electron chi connectivity index (χ0n) is 24.5. The first-order chi connectivity index (χ1) is 20.3. The van der Waals surface area contributed by atoms with E-state index in [4.69, 9.17) is 14.5 Å². The average Bonchev–Trinajstić information content (AvgIpc) is 3.59. The number of hydrogen-bond donors (Lipinski definition) is 1. The number of aromatic nitrogens is 1. The number of rotatable bonds is 8. The van der Waals surface area contributed by atoms with E-state index < -0.39 is 5.97 Å². The van der Waals surface area contributed by atoms with E-state index >= 15 is 0 Å². The number of methoxy groups -OCH3 is 1. The molecular weight excluding hydrogens is 550 g/mol. The van der Waals surface area contributed by atoms with E-state index in [0.29, 0.717) is 18.7 Å². The molecule has 1 aliphatic carbocycles. The molecule has 8 nitrogen and oxygen atoms in total. The minimum atomic E-state index is -0.651. The van der Waals surface area contributed by atoms with Crippen LogP contribution >= 0.6 is 11.3 Å². The molecule has 3 heterocycles. The molecule has 2 aromatic carbocycles. The highest BCUT2D eigenvalue weighted by Gasteiger charge is 2.46. The number of hydrogen-bond acceptors (Lipinski definition) is 7. The van der Waals surface area contributed by atoms with Gasteiger partial charge in [-0.05, 0) is 86.8 Å². The number of benzene rings is 2. The lowest BCUT2D eigenvalue weighted by molar-refractivity contribution is -0.144. The number of nitrogens with zero attached hydrogens (tertiary/aromatic N) is 3. The van der Waals surface area contributed by atoms with E-state index in [1.54, 1.807) is 18.4 Å². The molecule has 3 aromatic rings. The number of likely N-dealkylation sites (tertiary alicyclic amines) is 1. The lowest BCUT2D eigenvalue weighted by Gasteiger charge is -2.35. The largest absolute Gasteiger partial charge is 0.488 e. The van der Waals surface area contributed by atoms with E-state index in [-0.39, 0.29) is 29.8 Å². The van der Waals surface area contributed by atoms with Crippen LogP contribution in [0.3, 0.4) is 0 Å². The summed E-state index contributed by atoms with van der Waals surface area (Å²) in [4.78, 5) is 34.1. The van der Waals surface area contributed by atoms with Crippen molar-refractivity contribution < 1.29 is 24.2 Å². The van der Waals surface area contributed by atoms with Crippen LogP contribution in [0.25, 0.3) is 11.3 Å². The number of aliphatic carboxylic acids is 1. The van der Waals surface area contributed by atoms with Gasteiger partial charge < -0.3 is 24.4 Å². The normalized spacial score (nSPS) is 23.7. The molecule has 2 bridgehead atoms. The summed E-state index contributed by atoms with van der Waals surface area (Å²) in [7, 11) is 1.71. The van der Waals surface area contributed by atoms with Gasteiger partial charge in [-0.1, -0.05) is 17.7 Å². The molecule has 222 valence electrons. The van der Waals surface area contributed by atoms with E-state index in [1.807, 2.05) is 42.2 Å². The average molecular weight is 590 g/mol. The van der Waals surface area contributed by atoms with Gasteiger partial charge in [0.1, 0.15) is 12.4 Å². The predicted molar refractivity (Wildman–Crippen MR) is 163 cm³/mol. The first kappa shape index (κ1) is 28.7. The second-order valence-electron chi connectivity index (χ2n) is 12.1. The topological polar surface area (TPSA) is 92.2 Å². The molecule has 2 aliphatic heterocycles. The number of amides is 1. The molecule has 3 aliphatic rings. The highest BCUT2D eigenvalue weighted by molar-refractivity contribution is 7.14. The van der Waals surface area contributed by atoms with E-state index in [9.17, 15) is 14.7 Å². The summed E-state index contributed by atoms with van der Waals surface area (Å²) in [6, 6.07) is 12.0. The van der Waals surface area contributed by atoms with Crippen molar-refractivity contribution in [2.45, 2.75) is 52.2 Å². The third-order valence-corrected chi connectivity index (χ3v) is 10.2. The molecule has 0 spiro atoms. The van der Waals surface area contributed by atoms with Gasteiger partial charge in [-0.25, -0.2) is 4.98 Å². The Morgan fingerprint density at radius 2 is 1.83 bits per heavy atom.